The summed E-state index contributed by atoms with van der Waals surface area (Å²) in [5, 5.41) is 6.71. The molecule has 4 aromatic rings. The molecule has 0 atom stereocenters. The minimum atomic E-state index is -0.249. The molecule has 1 aromatic heterocycles. The van der Waals surface area contributed by atoms with E-state index >= 15 is 0 Å². The molecular formula is C26H25ClN4OS. The van der Waals surface area contributed by atoms with Crippen LogP contribution in [0.1, 0.15) is 42.3 Å². The Morgan fingerprint density at radius 2 is 1.70 bits per heavy atom. The lowest BCUT2D eigenvalue weighted by atomic mass is 9.87. The molecule has 3 aromatic carbocycles. The van der Waals surface area contributed by atoms with Crippen molar-refractivity contribution in [2.24, 2.45) is 0 Å². The zero-order valence-corrected chi connectivity index (χ0v) is 20.5. The number of carbonyl (C=O) groups is 1. The van der Waals surface area contributed by atoms with E-state index in [2.05, 4.69) is 41.4 Å². The molecule has 4 rings (SSSR count). The number of nitrogens with one attached hydrogen (secondary N) is 3. The zero-order valence-electron chi connectivity index (χ0n) is 18.9. The lowest BCUT2D eigenvalue weighted by Crippen LogP contribution is -2.34. The first kappa shape index (κ1) is 23.0. The second-order valence-corrected chi connectivity index (χ2v) is 9.83. The Hall–Kier alpha value is -3.22. The average Bonchev–Trinajstić information content (AvgIpc) is 3.16. The normalized spacial score (nSPS) is 11.4. The fourth-order valence-corrected chi connectivity index (χ4v) is 3.82. The molecule has 7 heteroatoms. The number of benzene rings is 3. The van der Waals surface area contributed by atoms with Gasteiger partial charge in [0.1, 0.15) is 5.82 Å². The van der Waals surface area contributed by atoms with Gasteiger partial charge in [-0.1, -0.05) is 44.5 Å². The number of halogens is 1. The van der Waals surface area contributed by atoms with E-state index in [4.69, 9.17) is 23.8 Å². The molecule has 168 valence electrons. The van der Waals surface area contributed by atoms with Crippen molar-refractivity contribution in [1.29, 1.82) is 0 Å². The fraction of sp³-hybridized carbons (Fsp3) is 0.192. The van der Waals surface area contributed by atoms with E-state index in [9.17, 15) is 4.79 Å². The van der Waals surface area contributed by atoms with Gasteiger partial charge in [-0.2, -0.15) is 0 Å². The molecule has 1 amide bonds. The van der Waals surface area contributed by atoms with Crippen molar-refractivity contribution >= 4 is 51.6 Å². The van der Waals surface area contributed by atoms with Gasteiger partial charge in [0, 0.05) is 21.8 Å². The number of H-pyrrole nitrogens is 1. The van der Waals surface area contributed by atoms with Crippen LogP contribution in [0.4, 0.5) is 5.69 Å². The summed E-state index contributed by atoms with van der Waals surface area (Å²) in [6.45, 7) is 8.37. The van der Waals surface area contributed by atoms with Gasteiger partial charge in [-0.15, -0.1) is 0 Å². The molecule has 3 N–H and O–H groups in total. The van der Waals surface area contributed by atoms with Crippen molar-refractivity contribution in [3.8, 4) is 11.4 Å². The molecule has 0 saturated carbocycles. The number of nitrogens with zero attached hydrogens (tertiary/aromatic N) is 1. The Bertz CT molecular complexity index is 1300. The van der Waals surface area contributed by atoms with E-state index in [-0.39, 0.29) is 16.4 Å². The highest BCUT2D eigenvalue weighted by molar-refractivity contribution is 7.80. The molecule has 0 unspecified atom stereocenters. The van der Waals surface area contributed by atoms with Crippen molar-refractivity contribution in [3.05, 3.63) is 82.4 Å². The van der Waals surface area contributed by atoms with Gasteiger partial charge in [-0.05, 0) is 84.2 Å². The van der Waals surface area contributed by atoms with Crippen LogP contribution in [0.5, 0.6) is 0 Å². The zero-order chi connectivity index (χ0) is 23.8. The maximum atomic E-state index is 12.5. The van der Waals surface area contributed by atoms with Gasteiger partial charge in [0.2, 0.25) is 0 Å². The molecule has 0 aliphatic rings. The quantitative estimate of drug-likeness (QED) is 0.291. The van der Waals surface area contributed by atoms with Gasteiger partial charge >= 0.3 is 0 Å². The number of carbonyl (C=O) groups excluding carboxylic acids is 1. The number of hydrogen-bond acceptors (Lipinski definition) is 3. The number of anilines is 1. The number of thiocarbonyl (C=S) groups is 1. The predicted octanol–water partition coefficient (Wildman–Crippen LogP) is 6.62. The Labute approximate surface area is 203 Å². The van der Waals surface area contributed by atoms with Crippen LogP contribution in [0.3, 0.4) is 0 Å². The summed E-state index contributed by atoms with van der Waals surface area (Å²) < 4.78 is 0. The second-order valence-electron chi connectivity index (χ2n) is 9.02. The van der Waals surface area contributed by atoms with E-state index in [1.807, 2.05) is 67.6 Å². The Kier molecular flexibility index (Phi) is 6.23. The summed E-state index contributed by atoms with van der Waals surface area (Å²) in [6, 6.07) is 19.1. The molecule has 0 aliphatic carbocycles. The highest BCUT2D eigenvalue weighted by Crippen LogP contribution is 2.26. The first-order valence-corrected chi connectivity index (χ1v) is 11.4. The van der Waals surface area contributed by atoms with Crippen LogP contribution >= 0.6 is 23.8 Å². The summed E-state index contributed by atoms with van der Waals surface area (Å²) in [7, 11) is 0. The third-order valence-electron chi connectivity index (χ3n) is 5.42. The number of fused-ring (bicyclic) bond motifs is 1. The second kappa shape index (κ2) is 8.96. The summed E-state index contributed by atoms with van der Waals surface area (Å²) >= 11 is 11.5. The molecule has 1 heterocycles. The number of aromatic nitrogens is 2. The maximum absolute atomic E-state index is 12.5. The SMILES string of the molecule is Cc1cc2[nH]c(-c3ccc(NC(=S)NC(=O)c4ccc(C(C)(C)C)cc4)cc3)nc2cc1Cl. The van der Waals surface area contributed by atoms with Crippen molar-refractivity contribution in [1.82, 2.24) is 15.3 Å². The van der Waals surface area contributed by atoms with Crippen molar-refractivity contribution in [2.75, 3.05) is 5.32 Å². The summed E-state index contributed by atoms with van der Waals surface area (Å²) in [5.41, 5.74) is 6.22. The molecule has 0 aliphatic heterocycles. The summed E-state index contributed by atoms with van der Waals surface area (Å²) in [4.78, 5) is 20.5. The fourth-order valence-electron chi connectivity index (χ4n) is 3.45. The molecule has 0 fully saturated rings. The summed E-state index contributed by atoms with van der Waals surface area (Å²) in [5.74, 6) is 0.508. The Morgan fingerprint density at radius 1 is 1.03 bits per heavy atom. The van der Waals surface area contributed by atoms with Crippen LogP contribution < -0.4 is 10.6 Å². The van der Waals surface area contributed by atoms with Crippen LogP contribution in [-0.4, -0.2) is 21.0 Å². The van der Waals surface area contributed by atoms with E-state index in [0.29, 0.717) is 10.6 Å². The number of amides is 1. The van der Waals surface area contributed by atoms with Crippen LogP contribution in [-0.2, 0) is 5.41 Å². The van der Waals surface area contributed by atoms with Crippen molar-refractivity contribution in [2.45, 2.75) is 33.1 Å². The minimum Gasteiger partial charge on any atom is -0.338 e. The first-order valence-electron chi connectivity index (χ1n) is 10.6. The number of aryl methyl sites for hydroxylation is 1. The van der Waals surface area contributed by atoms with Gasteiger partial charge in [0.15, 0.2) is 5.11 Å². The third kappa shape index (κ3) is 5.24. The standard InChI is InChI=1S/C26H25ClN4OS/c1-15-13-21-22(14-20(15)27)30-23(29-21)16-7-11-19(12-8-16)28-25(33)31-24(32)17-5-9-18(10-6-17)26(2,3)4/h5-14H,1-4H3,(H,29,30)(H2,28,31,32,33). The number of rotatable bonds is 3. The van der Waals surface area contributed by atoms with E-state index in [1.54, 1.807) is 0 Å². The molecule has 0 radical (unpaired) electrons. The third-order valence-corrected chi connectivity index (χ3v) is 6.03. The molecule has 0 saturated heterocycles. The first-order chi connectivity index (χ1) is 15.6. The number of imidazole rings is 1. The van der Waals surface area contributed by atoms with Gasteiger partial charge in [0.25, 0.3) is 5.91 Å². The number of hydrogen-bond donors (Lipinski definition) is 3. The van der Waals surface area contributed by atoms with Crippen LogP contribution in [0.2, 0.25) is 5.02 Å². The van der Waals surface area contributed by atoms with Gasteiger partial charge in [-0.25, -0.2) is 4.98 Å². The highest BCUT2D eigenvalue weighted by Gasteiger charge is 2.15. The van der Waals surface area contributed by atoms with E-state index in [1.165, 1.54) is 5.56 Å². The van der Waals surface area contributed by atoms with Gasteiger partial charge in [-0.3, -0.25) is 10.1 Å². The largest absolute Gasteiger partial charge is 0.338 e. The molecule has 0 spiro atoms. The van der Waals surface area contributed by atoms with E-state index in [0.717, 1.165) is 33.7 Å². The Morgan fingerprint density at radius 3 is 2.33 bits per heavy atom. The van der Waals surface area contributed by atoms with Gasteiger partial charge < -0.3 is 10.3 Å². The number of aromatic amines is 1. The molecule has 0 bridgehead atoms. The molecule has 33 heavy (non-hydrogen) atoms. The Balaban J connectivity index is 1.40. The maximum Gasteiger partial charge on any atom is 0.257 e. The lowest BCUT2D eigenvalue weighted by molar-refractivity contribution is 0.0977. The minimum absolute atomic E-state index is 0.0341. The predicted molar refractivity (Wildman–Crippen MR) is 140 cm³/mol. The average molecular weight is 477 g/mol. The van der Waals surface area contributed by atoms with Crippen molar-refractivity contribution < 1.29 is 4.79 Å². The van der Waals surface area contributed by atoms with E-state index < -0.39 is 0 Å². The topological polar surface area (TPSA) is 69.8 Å². The lowest BCUT2D eigenvalue weighted by Gasteiger charge is -2.19. The van der Waals surface area contributed by atoms with Crippen LogP contribution in [0.15, 0.2) is 60.7 Å². The highest BCUT2D eigenvalue weighted by atomic mass is 35.5. The van der Waals surface area contributed by atoms with Gasteiger partial charge in [0.05, 0.1) is 11.0 Å². The van der Waals surface area contributed by atoms with Crippen LogP contribution in [0.25, 0.3) is 22.4 Å². The smallest absolute Gasteiger partial charge is 0.257 e. The van der Waals surface area contributed by atoms with Crippen LogP contribution in [0, 0.1) is 6.92 Å². The van der Waals surface area contributed by atoms with Crippen molar-refractivity contribution in [3.63, 3.8) is 0 Å². The summed E-state index contributed by atoms with van der Waals surface area (Å²) in [6.07, 6.45) is 0. The molecule has 5 nitrogen and oxygen atoms in total. The molecular weight excluding hydrogens is 452 g/mol. The monoisotopic (exact) mass is 476 g/mol.